The molecule has 5 heterocycles. The van der Waals surface area contributed by atoms with Crippen LogP contribution in [0.25, 0.3) is 28.4 Å². The number of carbonyl (C=O) groups excluding carboxylic acids is 1. The Hall–Kier alpha value is -4.52. The summed E-state index contributed by atoms with van der Waals surface area (Å²) in [6.07, 6.45) is 6.69. The molecule has 13 nitrogen and oxygen atoms in total. The molecular formula is C23H26N10O3. The van der Waals surface area contributed by atoms with Gasteiger partial charge in [0, 0.05) is 57.6 Å². The number of hydrogen-bond donors (Lipinski definition) is 1. The molecule has 5 rings (SSSR count). The van der Waals surface area contributed by atoms with Crippen LogP contribution in [-0.4, -0.2) is 63.5 Å². The van der Waals surface area contributed by atoms with E-state index in [1.807, 2.05) is 50.2 Å². The Balaban J connectivity index is 1.69. The highest BCUT2D eigenvalue weighted by atomic mass is 16.6. The predicted octanol–water partition coefficient (Wildman–Crippen LogP) is 2.93. The molecule has 0 atom stereocenters. The Morgan fingerprint density at radius 1 is 1.17 bits per heavy atom. The average Bonchev–Trinajstić information content (AvgIpc) is 3.62. The van der Waals surface area contributed by atoms with Crippen molar-refractivity contribution in [1.82, 2.24) is 43.7 Å². The number of ether oxygens (including phenoxy) is 2. The third-order valence-electron chi connectivity index (χ3n) is 5.63. The first-order valence-electron chi connectivity index (χ1n) is 11.3. The van der Waals surface area contributed by atoms with Crippen LogP contribution in [0.4, 0.5) is 16.4 Å². The molecule has 5 aromatic rings. The van der Waals surface area contributed by atoms with Gasteiger partial charge in [-0.15, -0.1) is 9.78 Å². The monoisotopic (exact) mass is 490 g/mol. The Morgan fingerprint density at radius 2 is 2.00 bits per heavy atom. The molecule has 0 amide bonds. The van der Waals surface area contributed by atoms with Crippen LogP contribution in [0.15, 0.2) is 36.9 Å². The summed E-state index contributed by atoms with van der Waals surface area (Å²) in [6.45, 7) is 4.16. The van der Waals surface area contributed by atoms with E-state index in [9.17, 15) is 4.79 Å². The van der Waals surface area contributed by atoms with Gasteiger partial charge in [0.25, 0.3) is 0 Å². The maximum absolute atomic E-state index is 12.6. The number of rotatable bonds is 7. The third-order valence-corrected chi connectivity index (χ3v) is 5.63. The topological polar surface area (TPSA) is 131 Å². The second-order valence-electron chi connectivity index (χ2n) is 8.17. The number of aryl methyl sites for hydroxylation is 3. The van der Waals surface area contributed by atoms with Gasteiger partial charge in [0.05, 0.1) is 24.6 Å². The first-order chi connectivity index (χ1) is 17.4. The summed E-state index contributed by atoms with van der Waals surface area (Å²) in [4.78, 5) is 21.8. The third kappa shape index (κ3) is 4.09. The quantitative estimate of drug-likeness (QED) is 0.366. The standard InChI is InChI=1S/C23H26N10O3/c1-6-36-23(34)33-18(11-15(27-33)13-35-5)25-20-19-14(2)16(17-7-9-31(4)28-17)12-32(19)29-21(26-20)22-24-8-10-30(22)3/h7-12H,6,13H2,1-5H3,(H,25,26,29). The second-order valence-corrected chi connectivity index (χ2v) is 8.17. The molecule has 1 N–H and O–H groups in total. The molecule has 0 fully saturated rings. The van der Waals surface area contributed by atoms with E-state index in [2.05, 4.69) is 20.5 Å². The van der Waals surface area contributed by atoms with Gasteiger partial charge in [0.2, 0.25) is 5.82 Å². The zero-order chi connectivity index (χ0) is 25.4. The van der Waals surface area contributed by atoms with Gasteiger partial charge < -0.3 is 19.4 Å². The average molecular weight is 491 g/mol. The molecule has 0 radical (unpaired) electrons. The molecule has 0 spiro atoms. The summed E-state index contributed by atoms with van der Waals surface area (Å²) in [5, 5.41) is 16.9. The smallest absolute Gasteiger partial charge is 0.436 e. The minimum absolute atomic E-state index is 0.212. The molecule has 0 bridgehead atoms. The summed E-state index contributed by atoms with van der Waals surface area (Å²) in [6, 6.07) is 3.66. The Labute approximate surface area is 206 Å². The fraction of sp³-hybridized carbons (Fsp3) is 0.304. The lowest BCUT2D eigenvalue weighted by Gasteiger charge is -2.11. The van der Waals surface area contributed by atoms with Crippen LogP contribution in [0, 0.1) is 6.92 Å². The van der Waals surface area contributed by atoms with Crippen molar-refractivity contribution in [3.63, 3.8) is 0 Å². The second kappa shape index (κ2) is 9.26. The highest BCUT2D eigenvalue weighted by Crippen LogP contribution is 2.32. The summed E-state index contributed by atoms with van der Waals surface area (Å²) in [5.41, 5.74) is 3.91. The van der Waals surface area contributed by atoms with Gasteiger partial charge in [0.1, 0.15) is 11.3 Å². The predicted molar refractivity (Wildman–Crippen MR) is 131 cm³/mol. The van der Waals surface area contributed by atoms with Gasteiger partial charge in [-0.25, -0.2) is 19.3 Å². The fourth-order valence-electron chi connectivity index (χ4n) is 3.99. The summed E-state index contributed by atoms with van der Waals surface area (Å²) in [7, 11) is 5.30. The minimum Gasteiger partial charge on any atom is -0.448 e. The molecule has 0 aromatic carbocycles. The number of carbonyl (C=O) groups is 1. The van der Waals surface area contributed by atoms with Crippen molar-refractivity contribution < 1.29 is 14.3 Å². The van der Waals surface area contributed by atoms with E-state index < -0.39 is 6.09 Å². The SMILES string of the molecule is CCOC(=O)n1nc(COC)cc1Nc1nc(-c2nccn2C)nn2cc(-c3ccn(C)n3)c(C)c12. The first kappa shape index (κ1) is 23.2. The largest absolute Gasteiger partial charge is 0.448 e. The number of nitrogens with zero attached hydrogens (tertiary/aromatic N) is 9. The van der Waals surface area contributed by atoms with Crippen LogP contribution in [0.3, 0.4) is 0 Å². The summed E-state index contributed by atoms with van der Waals surface area (Å²) < 4.78 is 16.9. The highest BCUT2D eigenvalue weighted by Gasteiger charge is 2.22. The molecule has 13 heteroatoms. The molecule has 0 aliphatic carbocycles. The maximum atomic E-state index is 12.6. The van der Waals surface area contributed by atoms with Crippen molar-refractivity contribution in [2.75, 3.05) is 19.0 Å². The van der Waals surface area contributed by atoms with Crippen molar-refractivity contribution in [2.24, 2.45) is 14.1 Å². The van der Waals surface area contributed by atoms with Gasteiger partial charge in [-0.1, -0.05) is 0 Å². The molecule has 0 saturated carbocycles. The number of imidazole rings is 1. The highest BCUT2D eigenvalue weighted by molar-refractivity contribution is 5.85. The van der Waals surface area contributed by atoms with Gasteiger partial charge in [-0.3, -0.25) is 4.68 Å². The number of aromatic nitrogens is 9. The fourth-order valence-corrected chi connectivity index (χ4v) is 3.99. The van der Waals surface area contributed by atoms with Crippen molar-refractivity contribution in [2.45, 2.75) is 20.5 Å². The van der Waals surface area contributed by atoms with E-state index >= 15 is 0 Å². The van der Waals surface area contributed by atoms with Crippen molar-refractivity contribution in [3.05, 3.63) is 48.2 Å². The van der Waals surface area contributed by atoms with E-state index in [-0.39, 0.29) is 13.2 Å². The number of anilines is 2. The zero-order valence-corrected chi connectivity index (χ0v) is 20.6. The molecular weight excluding hydrogens is 464 g/mol. The van der Waals surface area contributed by atoms with Gasteiger partial charge in [-0.05, 0) is 25.5 Å². The zero-order valence-electron chi connectivity index (χ0n) is 20.6. The lowest BCUT2D eigenvalue weighted by Crippen LogP contribution is -2.18. The molecule has 5 aromatic heterocycles. The number of hydrogen-bond acceptors (Lipinski definition) is 9. The molecule has 0 unspecified atom stereocenters. The number of fused-ring (bicyclic) bond motifs is 1. The lowest BCUT2D eigenvalue weighted by molar-refractivity contribution is 0.149. The molecule has 36 heavy (non-hydrogen) atoms. The van der Waals surface area contributed by atoms with E-state index in [0.29, 0.717) is 29.0 Å². The van der Waals surface area contributed by atoms with Gasteiger partial charge in [-0.2, -0.15) is 10.2 Å². The van der Waals surface area contributed by atoms with E-state index in [4.69, 9.17) is 19.6 Å². The van der Waals surface area contributed by atoms with Crippen LogP contribution in [-0.2, 0) is 30.2 Å². The van der Waals surface area contributed by atoms with Gasteiger partial charge in [0.15, 0.2) is 11.6 Å². The molecule has 0 aliphatic heterocycles. The van der Waals surface area contributed by atoms with Crippen LogP contribution in [0.1, 0.15) is 18.2 Å². The van der Waals surface area contributed by atoms with Crippen LogP contribution >= 0.6 is 0 Å². The van der Waals surface area contributed by atoms with Crippen LogP contribution < -0.4 is 5.32 Å². The van der Waals surface area contributed by atoms with Gasteiger partial charge >= 0.3 is 6.09 Å². The Morgan fingerprint density at radius 3 is 2.67 bits per heavy atom. The maximum Gasteiger partial charge on any atom is 0.436 e. The van der Waals surface area contributed by atoms with Crippen molar-refractivity contribution in [1.29, 1.82) is 0 Å². The first-order valence-corrected chi connectivity index (χ1v) is 11.3. The molecule has 0 aliphatic rings. The summed E-state index contributed by atoms with van der Waals surface area (Å²) >= 11 is 0. The van der Waals surface area contributed by atoms with Crippen LogP contribution in [0.5, 0.6) is 0 Å². The number of nitrogens with one attached hydrogen (secondary N) is 1. The van der Waals surface area contributed by atoms with Crippen LogP contribution in [0.2, 0.25) is 0 Å². The van der Waals surface area contributed by atoms with E-state index in [1.54, 1.807) is 35.5 Å². The molecule has 0 saturated heterocycles. The normalized spacial score (nSPS) is 11.4. The lowest BCUT2D eigenvalue weighted by atomic mass is 10.1. The van der Waals surface area contributed by atoms with Crippen molar-refractivity contribution >= 4 is 23.2 Å². The Kier molecular flexibility index (Phi) is 5.98. The summed E-state index contributed by atoms with van der Waals surface area (Å²) in [5.74, 6) is 1.84. The molecule has 186 valence electrons. The van der Waals surface area contributed by atoms with E-state index in [1.165, 1.54) is 0 Å². The van der Waals surface area contributed by atoms with E-state index in [0.717, 1.165) is 27.0 Å². The minimum atomic E-state index is -0.613. The Bertz CT molecular complexity index is 1560. The number of methoxy groups -OCH3 is 1. The van der Waals surface area contributed by atoms with Crippen molar-refractivity contribution in [3.8, 4) is 22.9 Å².